The third-order valence-corrected chi connectivity index (χ3v) is 3.90. The van der Waals surface area contributed by atoms with Crippen LogP contribution in [0.4, 0.5) is 10.1 Å². The van der Waals surface area contributed by atoms with Crippen LogP contribution in [0, 0.1) is 5.82 Å². The van der Waals surface area contributed by atoms with Crippen LogP contribution < -0.4 is 10.6 Å². The molecule has 16 heavy (non-hydrogen) atoms. The summed E-state index contributed by atoms with van der Waals surface area (Å²) in [6.07, 6.45) is 4.36. The van der Waals surface area contributed by atoms with Gasteiger partial charge in [-0.05, 0) is 43.4 Å². The molecule has 2 N–H and O–H groups in total. The van der Waals surface area contributed by atoms with Crippen molar-refractivity contribution in [2.75, 3.05) is 11.4 Å². The number of aryl methyl sites for hydroxylation is 1. The van der Waals surface area contributed by atoms with Gasteiger partial charge in [-0.3, -0.25) is 0 Å². The molecule has 0 spiro atoms. The summed E-state index contributed by atoms with van der Waals surface area (Å²) in [6.45, 7) is 1.02. The largest absolute Gasteiger partial charge is 0.367 e. The van der Waals surface area contributed by atoms with Crippen LogP contribution in [-0.2, 0) is 6.42 Å². The topological polar surface area (TPSA) is 29.3 Å². The Bertz CT molecular complexity index is 405. The summed E-state index contributed by atoms with van der Waals surface area (Å²) in [6, 6.07) is 5.82. The maximum atomic E-state index is 13.3. The van der Waals surface area contributed by atoms with Gasteiger partial charge in [0.1, 0.15) is 5.82 Å². The molecule has 0 aromatic heterocycles. The zero-order valence-electron chi connectivity index (χ0n) is 9.32. The molecule has 2 nitrogen and oxygen atoms in total. The number of piperidine rings is 1. The van der Waals surface area contributed by atoms with Crippen molar-refractivity contribution in [3.8, 4) is 0 Å². The Labute approximate surface area is 95.2 Å². The lowest BCUT2D eigenvalue weighted by atomic mass is 9.86. The van der Waals surface area contributed by atoms with Gasteiger partial charge < -0.3 is 10.6 Å². The van der Waals surface area contributed by atoms with Gasteiger partial charge in [-0.15, -0.1) is 0 Å². The van der Waals surface area contributed by atoms with E-state index < -0.39 is 0 Å². The molecule has 3 heteroatoms. The fraction of sp³-hybridized carbons (Fsp3) is 0.538. The minimum Gasteiger partial charge on any atom is -0.367 e. The van der Waals surface area contributed by atoms with Crippen molar-refractivity contribution in [1.29, 1.82) is 0 Å². The average molecular weight is 220 g/mol. The van der Waals surface area contributed by atoms with Crippen LogP contribution in [0.25, 0.3) is 0 Å². The minimum absolute atomic E-state index is 0.140. The zero-order chi connectivity index (χ0) is 11.1. The molecule has 2 aliphatic rings. The summed E-state index contributed by atoms with van der Waals surface area (Å²) >= 11 is 0. The van der Waals surface area contributed by atoms with E-state index in [1.807, 2.05) is 6.07 Å². The van der Waals surface area contributed by atoms with E-state index in [9.17, 15) is 4.39 Å². The summed E-state index contributed by atoms with van der Waals surface area (Å²) in [5.74, 6) is -0.140. The van der Waals surface area contributed by atoms with Gasteiger partial charge in [0.2, 0.25) is 0 Å². The van der Waals surface area contributed by atoms with Gasteiger partial charge in [-0.1, -0.05) is 6.07 Å². The molecule has 3 rings (SSSR count). The molecule has 1 aromatic rings. The number of halogens is 1. The highest BCUT2D eigenvalue weighted by Gasteiger charge is 2.33. The second-order valence-corrected chi connectivity index (χ2v) is 4.88. The summed E-state index contributed by atoms with van der Waals surface area (Å²) in [5.41, 5.74) is 8.49. The van der Waals surface area contributed by atoms with E-state index in [1.54, 1.807) is 12.1 Å². The van der Waals surface area contributed by atoms with Gasteiger partial charge >= 0.3 is 0 Å². The number of rotatable bonds is 0. The molecule has 0 aliphatic carbocycles. The van der Waals surface area contributed by atoms with E-state index in [4.69, 9.17) is 5.73 Å². The Morgan fingerprint density at radius 1 is 1.31 bits per heavy atom. The highest BCUT2D eigenvalue weighted by atomic mass is 19.1. The first-order valence-electron chi connectivity index (χ1n) is 6.06. The third kappa shape index (κ3) is 1.50. The van der Waals surface area contributed by atoms with Crippen LogP contribution in [0.1, 0.15) is 24.8 Å². The van der Waals surface area contributed by atoms with Crippen LogP contribution in [-0.4, -0.2) is 18.6 Å². The van der Waals surface area contributed by atoms with Crippen molar-refractivity contribution in [2.24, 2.45) is 5.73 Å². The number of fused-ring (bicyclic) bond motifs is 3. The zero-order valence-corrected chi connectivity index (χ0v) is 9.32. The average Bonchev–Trinajstić information content (AvgIpc) is 2.29. The lowest BCUT2D eigenvalue weighted by Crippen LogP contribution is -2.54. The SMILES string of the molecule is NC1CCCN2c3cc(F)ccc3CCC12. The van der Waals surface area contributed by atoms with Gasteiger partial charge in [-0.25, -0.2) is 4.39 Å². The predicted molar refractivity (Wildman–Crippen MR) is 63.1 cm³/mol. The van der Waals surface area contributed by atoms with Crippen molar-refractivity contribution in [2.45, 2.75) is 37.8 Å². The fourth-order valence-corrected chi connectivity index (χ4v) is 3.07. The molecule has 0 radical (unpaired) electrons. The van der Waals surface area contributed by atoms with Crippen LogP contribution in [0.5, 0.6) is 0 Å². The molecular weight excluding hydrogens is 203 g/mol. The highest BCUT2D eigenvalue weighted by molar-refractivity contribution is 5.57. The van der Waals surface area contributed by atoms with Crippen LogP contribution in [0.2, 0.25) is 0 Å². The van der Waals surface area contributed by atoms with Crippen LogP contribution in [0.3, 0.4) is 0 Å². The number of benzene rings is 1. The van der Waals surface area contributed by atoms with Gasteiger partial charge in [-0.2, -0.15) is 0 Å². The summed E-state index contributed by atoms with van der Waals surface area (Å²) in [7, 11) is 0. The molecule has 2 atom stereocenters. The maximum Gasteiger partial charge on any atom is 0.125 e. The van der Waals surface area contributed by atoms with Gasteiger partial charge in [0.15, 0.2) is 0 Å². The number of hydrogen-bond acceptors (Lipinski definition) is 2. The van der Waals surface area contributed by atoms with Crippen molar-refractivity contribution in [1.82, 2.24) is 0 Å². The monoisotopic (exact) mass is 220 g/mol. The van der Waals surface area contributed by atoms with E-state index >= 15 is 0 Å². The minimum atomic E-state index is -0.140. The molecule has 86 valence electrons. The van der Waals surface area contributed by atoms with Crippen molar-refractivity contribution >= 4 is 5.69 Å². The molecule has 2 aliphatic heterocycles. The number of nitrogens with zero attached hydrogens (tertiary/aromatic N) is 1. The summed E-state index contributed by atoms with van der Waals surface area (Å²) < 4.78 is 13.3. The quantitative estimate of drug-likeness (QED) is 0.725. The van der Waals surface area contributed by atoms with Gasteiger partial charge in [0.05, 0.1) is 0 Å². The number of nitrogens with two attached hydrogens (primary N) is 1. The number of anilines is 1. The lowest BCUT2D eigenvalue weighted by Gasteiger charge is -2.45. The van der Waals surface area contributed by atoms with Gasteiger partial charge in [0.25, 0.3) is 0 Å². The molecule has 1 fully saturated rings. The third-order valence-electron chi connectivity index (χ3n) is 3.90. The van der Waals surface area contributed by atoms with E-state index in [1.165, 1.54) is 5.56 Å². The Kier molecular flexibility index (Phi) is 2.36. The van der Waals surface area contributed by atoms with E-state index in [2.05, 4.69) is 4.90 Å². The molecular formula is C13H17FN2. The standard InChI is InChI=1S/C13H17FN2/c14-10-5-3-9-4-6-12-11(15)2-1-7-16(12)13(9)8-10/h3,5,8,11-12H,1-2,4,6-7,15H2. The predicted octanol–water partition coefficient (Wildman–Crippen LogP) is 2.07. The first-order valence-corrected chi connectivity index (χ1v) is 6.06. The molecule has 0 amide bonds. The summed E-state index contributed by atoms with van der Waals surface area (Å²) in [5, 5.41) is 0. The van der Waals surface area contributed by atoms with E-state index in [0.717, 1.165) is 37.9 Å². The first-order chi connectivity index (χ1) is 7.75. The van der Waals surface area contributed by atoms with E-state index in [0.29, 0.717) is 6.04 Å². The highest BCUT2D eigenvalue weighted by Crippen LogP contribution is 2.35. The Hall–Kier alpha value is -1.09. The Morgan fingerprint density at radius 2 is 2.19 bits per heavy atom. The Morgan fingerprint density at radius 3 is 3.06 bits per heavy atom. The van der Waals surface area contributed by atoms with Crippen LogP contribution >= 0.6 is 0 Å². The molecule has 1 saturated heterocycles. The van der Waals surface area contributed by atoms with Crippen molar-refractivity contribution in [3.63, 3.8) is 0 Å². The molecule has 1 aromatic carbocycles. The first kappa shape index (κ1) is 10.1. The molecule has 2 heterocycles. The lowest BCUT2D eigenvalue weighted by molar-refractivity contribution is 0.371. The molecule has 0 bridgehead atoms. The fourth-order valence-electron chi connectivity index (χ4n) is 3.07. The smallest absolute Gasteiger partial charge is 0.125 e. The normalized spacial score (nSPS) is 28.5. The summed E-state index contributed by atoms with van der Waals surface area (Å²) in [4.78, 5) is 2.32. The second kappa shape index (κ2) is 3.74. The van der Waals surface area contributed by atoms with Crippen molar-refractivity contribution in [3.05, 3.63) is 29.6 Å². The maximum absolute atomic E-state index is 13.3. The molecule has 0 saturated carbocycles. The van der Waals surface area contributed by atoms with Crippen LogP contribution in [0.15, 0.2) is 18.2 Å². The molecule has 2 unspecified atom stereocenters. The Balaban J connectivity index is 2.01. The second-order valence-electron chi connectivity index (χ2n) is 4.88. The van der Waals surface area contributed by atoms with Gasteiger partial charge in [0, 0.05) is 24.3 Å². The van der Waals surface area contributed by atoms with Crippen molar-refractivity contribution < 1.29 is 4.39 Å². The van der Waals surface area contributed by atoms with E-state index in [-0.39, 0.29) is 11.9 Å². The number of hydrogen-bond donors (Lipinski definition) is 1.